The zero-order chi connectivity index (χ0) is 19.9. The number of nitriles is 1. The van der Waals surface area contributed by atoms with Gasteiger partial charge >= 0.3 is 0 Å². The largest absolute Gasteiger partial charge is 0.508 e. The van der Waals surface area contributed by atoms with Gasteiger partial charge in [0.25, 0.3) is 5.91 Å². The van der Waals surface area contributed by atoms with Crippen LogP contribution < -0.4 is 0 Å². The second-order valence-corrected chi connectivity index (χ2v) is 7.57. The van der Waals surface area contributed by atoms with E-state index in [1.54, 1.807) is 12.1 Å². The Bertz CT molecular complexity index is 1080. The molecule has 5 heteroatoms. The Hall–Kier alpha value is -3.26. The van der Waals surface area contributed by atoms with Gasteiger partial charge in [0.05, 0.1) is 17.0 Å². The Kier molecular flexibility index (Phi) is 4.35. The fraction of sp³-hybridized carbons (Fsp3) is 0.304. The molecule has 0 bridgehead atoms. The molecule has 1 fully saturated rings. The molecule has 4 rings (SSSR count). The molecule has 0 unspecified atom stereocenters. The van der Waals surface area contributed by atoms with Gasteiger partial charge in [0, 0.05) is 36.7 Å². The van der Waals surface area contributed by atoms with Crippen molar-refractivity contribution < 1.29 is 9.90 Å². The van der Waals surface area contributed by atoms with E-state index in [1.807, 2.05) is 59.8 Å². The van der Waals surface area contributed by atoms with Crippen LogP contribution in [0.3, 0.4) is 0 Å². The maximum atomic E-state index is 13.3. The maximum Gasteiger partial charge on any atom is 0.256 e. The first-order valence-electron chi connectivity index (χ1n) is 9.51. The number of likely N-dealkylation sites (tertiary alicyclic amines) is 1. The summed E-state index contributed by atoms with van der Waals surface area (Å²) >= 11 is 0. The summed E-state index contributed by atoms with van der Waals surface area (Å²) in [6.07, 6.45) is 1.24. The standard InChI is InChI=1S/C23H23N3O2/c1-16-21(19-14-18(27)8-9-20(19)25(16)2)22(28)26-12-10-23(15-24,11-13-26)17-6-4-3-5-7-17/h3-9,14,27H,10-13H2,1-2H3. The van der Waals surface area contributed by atoms with Gasteiger partial charge < -0.3 is 14.6 Å². The van der Waals surface area contributed by atoms with Gasteiger partial charge in [0.2, 0.25) is 0 Å². The van der Waals surface area contributed by atoms with Gasteiger partial charge in [-0.1, -0.05) is 30.3 Å². The quantitative estimate of drug-likeness (QED) is 0.741. The number of phenols is 1. The summed E-state index contributed by atoms with van der Waals surface area (Å²) in [5.41, 5.74) is 2.93. The fourth-order valence-corrected chi connectivity index (χ4v) is 4.30. The number of aromatic nitrogens is 1. The SMILES string of the molecule is Cc1c(C(=O)N2CCC(C#N)(c3ccccc3)CC2)c2cc(O)ccc2n1C. The molecular weight excluding hydrogens is 350 g/mol. The molecule has 0 atom stereocenters. The molecule has 142 valence electrons. The fourth-order valence-electron chi connectivity index (χ4n) is 4.30. The number of carbonyl (C=O) groups is 1. The average Bonchev–Trinajstić information content (AvgIpc) is 2.98. The molecular formula is C23H23N3O2. The smallest absolute Gasteiger partial charge is 0.256 e. The number of benzene rings is 2. The van der Waals surface area contributed by atoms with Crippen LogP contribution in [0.15, 0.2) is 48.5 Å². The van der Waals surface area contributed by atoms with Crippen molar-refractivity contribution in [3.8, 4) is 11.8 Å². The van der Waals surface area contributed by atoms with E-state index >= 15 is 0 Å². The Morgan fingerprint density at radius 3 is 2.46 bits per heavy atom. The zero-order valence-electron chi connectivity index (χ0n) is 16.1. The first-order valence-corrected chi connectivity index (χ1v) is 9.51. The second kappa shape index (κ2) is 6.72. The van der Waals surface area contributed by atoms with Crippen LogP contribution in [0, 0.1) is 18.3 Å². The second-order valence-electron chi connectivity index (χ2n) is 7.57. The third-order valence-electron chi connectivity index (χ3n) is 6.13. The number of hydrogen-bond donors (Lipinski definition) is 1. The number of amides is 1. The van der Waals surface area contributed by atoms with Crippen molar-refractivity contribution in [1.82, 2.24) is 9.47 Å². The van der Waals surface area contributed by atoms with E-state index in [2.05, 4.69) is 6.07 Å². The highest BCUT2D eigenvalue weighted by atomic mass is 16.3. The lowest BCUT2D eigenvalue weighted by molar-refractivity contribution is 0.0693. The predicted octanol–water partition coefficient (Wildman–Crippen LogP) is 3.89. The molecule has 1 aliphatic rings. The monoisotopic (exact) mass is 373 g/mol. The highest BCUT2D eigenvalue weighted by Crippen LogP contribution is 2.36. The molecule has 1 aromatic heterocycles. The van der Waals surface area contributed by atoms with E-state index in [4.69, 9.17) is 0 Å². The molecule has 2 heterocycles. The normalized spacial score (nSPS) is 16.1. The lowest BCUT2D eigenvalue weighted by Crippen LogP contribution is -2.44. The molecule has 5 nitrogen and oxygen atoms in total. The summed E-state index contributed by atoms with van der Waals surface area (Å²) < 4.78 is 1.98. The summed E-state index contributed by atoms with van der Waals surface area (Å²) in [7, 11) is 1.93. The van der Waals surface area contributed by atoms with Crippen molar-refractivity contribution in [3.05, 3.63) is 65.4 Å². The molecule has 1 aliphatic heterocycles. The Morgan fingerprint density at radius 2 is 1.82 bits per heavy atom. The first kappa shape index (κ1) is 18.1. The lowest BCUT2D eigenvalue weighted by atomic mass is 9.74. The van der Waals surface area contributed by atoms with Crippen LogP contribution in [0.2, 0.25) is 0 Å². The van der Waals surface area contributed by atoms with Crippen LogP contribution in [-0.4, -0.2) is 33.6 Å². The number of piperidine rings is 1. The molecule has 1 N–H and O–H groups in total. The van der Waals surface area contributed by atoms with Crippen LogP contribution in [0.5, 0.6) is 5.75 Å². The van der Waals surface area contributed by atoms with Crippen molar-refractivity contribution in [2.24, 2.45) is 7.05 Å². The molecule has 0 saturated carbocycles. The number of hydrogen-bond acceptors (Lipinski definition) is 3. The van der Waals surface area contributed by atoms with Gasteiger partial charge in [-0.15, -0.1) is 0 Å². The van der Waals surface area contributed by atoms with E-state index in [0.29, 0.717) is 31.5 Å². The number of phenolic OH excluding ortho intramolecular Hbond substituents is 1. The minimum atomic E-state index is -0.538. The maximum absolute atomic E-state index is 13.3. The van der Waals surface area contributed by atoms with Crippen molar-refractivity contribution >= 4 is 16.8 Å². The number of carbonyl (C=O) groups excluding carboxylic acids is 1. The minimum absolute atomic E-state index is 0.0340. The van der Waals surface area contributed by atoms with Gasteiger partial charge in [0.15, 0.2) is 0 Å². The molecule has 1 saturated heterocycles. The van der Waals surface area contributed by atoms with Crippen LogP contribution in [0.4, 0.5) is 0 Å². The molecule has 0 radical (unpaired) electrons. The highest BCUT2D eigenvalue weighted by Gasteiger charge is 2.38. The van der Waals surface area contributed by atoms with Gasteiger partial charge in [0.1, 0.15) is 5.75 Å². The lowest BCUT2D eigenvalue weighted by Gasteiger charge is -2.37. The zero-order valence-corrected chi connectivity index (χ0v) is 16.1. The van der Waals surface area contributed by atoms with Crippen LogP contribution in [0.25, 0.3) is 10.9 Å². The van der Waals surface area contributed by atoms with Gasteiger partial charge in [-0.2, -0.15) is 5.26 Å². The van der Waals surface area contributed by atoms with Gasteiger partial charge in [-0.25, -0.2) is 0 Å². The first-order chi connectivity index (χ1) is 13.5. The summed E-state index contributed by atoms with van der Waals surface area (Å²) in [5, 5.41) is 20.5. The third kappa shape index (κ3) is 2.73. The summed E-state index contributed by atoms with van der Waals surface area (Å²) in [5.74, 6) is 0.117. The van der Waals surface area contributed by atoms with E-state index in [-0.39, 0.29) is 11.7 Å². The van der Waals surface area contributed by atoms with Crippen LogP contribution in [0.1, 0.15) is 34.5 Å². The highest BCUT2D eigenvalue weighted by molar-refractivity contribution is 6.08. The molecule has 2 aromatic carbocycles. The van der Waals surface area contributed by atoms with Crippen molar-refractivity contribution in [2.75, 3.05) is 13.1 Å². The van der Waals surface area contributed by atoms with E-state index in [0.717, 1.165) is 22.2 Å². The Labute approximate surface area is 164 Å². The number of nitrogens with zero attached hydrogens (tertiary/aromatic N) is 3. The predicted molar refractivity (Wildman–Crippen MR) is 108 cm³/mol. The van der Waals surface area contributed by atoms with Crippen molar-refractivity contribution in [1.29, 1.82) is 5.26 Å². The third-order valence-corrected chi connectivity index (χ3v) is 6.13. The van der Waals surface area contributed by atoms with E-state index < -0.39 is 5.41 Å². The van der Waals surface area contributed by atoms with E-state index in [1.165, 1.54) is 0 Å². The molecule has 3 aromatic rings. The van der Waals surface area contributed by atoms with Gasteiger partial charge in [-0.05, 0) is 43.5 Å². The number of rotatable bonds is 2. The minimum Gasteiger partial charge on any atom is -0.508 e. The Morgan fingerprint density at radius 1 is 1.14 bits per heavy atom. The Balaban J connectivity index is 1.64. The summed E-state index contributed by atoms with van der Waals surface area (Å²) in [6, 6.07) is 17.5. The topological polar surface area (TPSA) is 69.3 Å². The van der Waals surface area contributed by atoms with Crippen LogP contribution >= 0.6 is 0 Å². The van der Waals surface area contributed by atoms with Crippen molar-refractivity contribution in [2.45, 2.75) is 25.2 Å². The average molecular weight is 373 g/mol. The van der Waals surface area contributed by atoms with E-state index in [9.17, 15) is 15.2 Å². The number of aryl methyl sites for hydroxylation is 1. The summed E-state index contributed by atoms with van der Waals surface area (Å²) in [4.78, 5) is 15.2. The molecule has 0 spiro atoms. The molecule has 1 amide bonds. The number of fused-ring (bicyclic) bond motifs is 1. The summed E-state index contributed by atoms with van der Waals surface area (Å²) in [6.45, 7) is 3.00. The molecule has 28 heavy (non-hydrogen) atoms. The number of aromatic hydroxyl groups is 1. The van der Waals surface area contributed by atoms with Gasteiger partial charge in [-0.3, -0.25) is 4.79 Å². The molecule has 0 aliphatic carbocycles. The van der Waals surface area contributed by atoms with Crippen LogP contribution in [-0.2, 0) is 12.5 Å². The van der Waals surface area contributed by atoms with Crippen molar-refractivity contribution in [3.63, 3.8) is 0 Å².